The van der Waals surface area contributed by atoms with Gasteiger partial charge in [-0.2, -0.15) is 0 Å². The lowest BCUT2D eigenvalue weighted by Crippen LogP contribution is -2.40. The highest BCUT2D eigenvalue weighted by atomic mass is 16.2. The fourth-order valence-corrected chi connectivity index (χ4v) is 2.03. The van der Waals surface area contributed by atoms with Crippen molar-refractivity contribution in [3.05, 3.63) is 0 Å². The fourth-order valence-electron chi connectivity index (χ4n) is 2.03. The standard InChI is InChI=1S/C14H28N6O4/c15-11(21)1-5-19(6-2-12(16)22)9-10-20(7-3-13(17)23)8-4-14(18)24/h1-10H2,(H2,15,21)(H2,16,22)(H2,17,23)(H2,18,24). The third-order valence-electron chi connectivity index (χ3n) is 3.43. The fraction of sp³-hybridized carbons (Fsp3) is 0.714. The molecule has 138 valence electrons. The van der Waals surface area contributed by atoms with Gasteiger partial charge in [0.1, 0.15) is 0 Å². The Kier molecular flexibility index (Phi) is 11.1. The molecule has 0 aromatic carbocycles. The van der Waals surface area contributed by atoms with E-state index in [4.69, 9.17) is 22.9 Å². The number of hydrogen-bond donors (Lipinski definition) is 4. The monoisotopic (exact) mass is 344 g/mol. The number of carbonyl (C=O) groups is 4. The highest BCUT2D eigenvalue weighted by Crippen LogP contribution is 1.99. The summed E-state index contributed by atoms with van der Waals surface area (Å²) in [6, 6.07) is 0. The minimum atomic E-state index is -0.432. The lowest BCUT2D eigenvalue weighted by Gasteiger charge is -2.27. The first-order chi connectivity index (χ1) is 11.2. The van der Waals surface area contributed by atoms with E-state index in [1.807, 2.05) is 9.80 Å². The van der Waals surface area contributed by atoms with Crippen molar-refractivity contribution >= 4 is 23.6 Å². The van der Waals surface area contributed by atoms with Crippen LogP contribution >= 0.6 is 0 Å². The Bertz CT molecular complexity index is 367. The first kappa shape index (κ1) is 21.8. The van der Waals surface area contributed by atoms with Crippen LogP contribution < -0.4 is 22.9 Å². The first-order valence-electron chi connectivity index (χ1n) is 7.78. The highest BCUT2D eigenvalue weighted by Gasteiger charge is 2.13. The lowest BCUT2D eigenvalue weighted by molar-refractivity contribution is -0.120. The summed E-state index contributed by atoms with van der Waals surface area (Å²) in [4.78, 5) is 47.5. The molecule has 8 N–H and O–H groups in total. The molecule has 0 radical (unpaired) electrons. The molecule has 0 unspecified atom stereocenters. The van der Waals surface area contributed by atoms with Crippen molar-refractivity contribution in [3.63, 3.8) is 0 Å². The van der Waals surface area contributed by atoms with Crippen LogP contribution in [0.15, 0.2) is 0 Å². The van der Waals surface area contributed by atoms with Gasteiger partial charge in [-0.25, -0.2) is 0 Å². The van der Waals surface area contributed by atoms with Crippen LogP contribution in [0.25, 0.3) is 0 Å². The average Bonchev–Trinajstić information content (AvgIpc) is 2.47. The summed E-state index contributed by atoms with van der Waals surface area (Å²) in [6.07, 6.45) is 0.672. The Hall–Kier alpha value is -2.20. The molecule has 0 aliphatic rings. The van der Waals surface area contributed by atoms with E-state index in [1.54, 1.807) is 0 Å². The van der Waals surface area contributed by atoms with E-state index in [9.17, 15) is 19.2 Å². The summed E-state index contributed by atoms with van der Waals surface area (Å²) in [7, 11) is 0. The van der Waals surface area contributed by atoms with Crippen molar-refractivity contribution in [2.24, 2.45) is 22.9 Å². The number of rotatable bonds is 15. The molecule has 0 atom stereocenters. The SMILES string of the molecule is NC(=O)CCN(CCC(N)=O)CCN(CCC(N)=O)CCC(N)=O. The summed E-state index contributed by atoms with van der Waals surface area (Å²) in [6.45, 7) is 2.67. The Morgan fingerprint density at radius 3 is 0.833 bits per heavy atom. The van der Waals surface area contributed by atoms with E-state index in [0.29, 0.717) is 39.3 Å². The van der Waals surface area contributed by atoms with Crippen molar-refractivity contribution in [1.82, 2.24) is 9.80 Å². The molecule has 0 heterocycles. The van der Waals surface area contributed by atoms with Gasteiger partial charge in [-0.05, 0) is 0 Å². The highest BCUT2D eigenvalue weighted by molar-refractivity contribution is 5.75. The smallest absolute Gasteiger partial charge is 0.218 e. The second-order valence-electron chi connectivity index (χ2n) is 5.55. The Morgan fingerprint density at radius 2 is 0.667 bits per heavy atom. The van der Waals surface area contributed by atoms with Gasteiger partial charge in [-0.1, -0.05) is 0 Å². The number of nitrogens with zero attached hydrogens (tertiary/aromatic N) is 2. The number of amides is 4. The molecule has 0 saturated carbocycles. The van der Waals surface area contributed by atoms with Crippen molar-refractivity contribution in [2.45, 2.75) is 25.7 Å². The molecule has 24 heavy (non-hydrogen) atoms. The molecular weight excluding hydrogens is 316 g/mol. The topological polar surface area (TPSA) is 179 Å². The molecule has 0 spiro atoms. The number of carbonyl (C=O) groups excluding carboxylic acids is 4. The van der Waals surface area contributed by atoms with Gasteiger partial charge in [0.25, 0.3) is 0 Å². The summed E-state index contributed by atoms with van der Waals surface area (Å²) in [5.41, 5.74) is 20.6. The second kappa shape index (κ2) is 12.3. The second-order valence-corrected chi connectivity index (χ2v) is 5.55. The summed E-state index contributed by atoms with van der Waals surface area (Å²) < 4.78 is 0. The maximum atomic E-state index is 10.9. The molecule has 0 aromatic heterocycles. The maximum absolute atomic E-state index is 10.9. The lowest BCUT2D eigenvalue weighted by atomic mass is 10.2. The molecule has 0 aliphatic carbocycles. The zero-order chi connectivity index (χ0) is 18.5. The van der Waals surface area contributed by atoms with Gasteiger partial charge in [0.05, 0.1) is 0 Å². The normalized spacial score (nSPS) is 10.9. The van der Waals surface area contributed by atoms with E-state index in [2.05, 4.69) is 0 Å². The predicted octanol–water partition coefficient (Wildman–Crippen LogP) is -2.91. The predicted molar refractivity (Wildman–Crippen MR) is 88.1 cm³/mol. The van der Waals surface area contributed by atoms with E-state index >= 15 is 0 Å². The zero-order valence-electron chi connectivity index (χ0n) is 13.9. The summed E-state index contributed by atoms with van der Waals surface area (Å²) in [5, 5.41) is 0. The number of primary amides is 4. The van der Waals surface area contributed by atoms with Gasteiger partial charge in [-0.3, -0.25) is 19.2 Å². The molecule has 0 bridgehead atoms. The third kappa shape index (κ3) is 13.5. The summed E-state index contributed by atoms with van der Waals surface area (Å²) >= 11 is 0. The van der Waals surface area contributed by atoms with Gasteiger partial charge < -0.3 is 32.7 Å². The first-order valence-corrected chi connectivity index (χ1v) is 7.78. The molecule has 0 aromatic rings. The van der Waals surface area contributed by atoms with Crippen molar-refractivity contribution in [3.8, 4) is 0 Å². The van der Waals surface area contributed by atoms with Crippen LogP contribution in [0.2, 0.25) is 0 Å². The van der Waals surface area contributed by atoms with E-state index < -0.39 is 23.6 Å². The van der Waals surface area contributed by atoms with Gasteiger partial charge >= 0.3 is 0 Å². The molecular formula is C14H28N6O4. The molecule has 4 amide bonds. The Balaban J connectivity index is 4.53. The van der Waals surface area contributed by atoms with Gasteiger partial charge in [0.15, 0.2) is 0 Å². The number of nitrogens with two attached hydrogens (primary N) is 4. The van der Waals surface area contributed by atoms with Crippen molar-refractivity contribution < 1.29 is 19.2 Å². The minimum absolute atomic E-state index is 0.168. The Labute approximate surface area is 141 Å². The molecule has 10 heteroatoms. The van der Waals surface area contributed by atoms with Crippen molar-refractivity contribution in [2.75, 3.05) is 39.3 Å². The minimum Gasteiger partial charge on any atom is -0.370 e. The molecule has 0 fully saturated rings. The van der Waals surface area contributed by atoms with Gasteiger partial charge in [0.2, 0.25) is 23.6 Å². The molecule has 0 aliphatic heterocycles. The number of hydrogen-bond acceptors (Lipinski definition) is 6. The summed E-state index contributed by atoms with van der Waals surface area (Å²) in [5.74, 6) is -1.73. The van der Waals surface area contributed by atoms with Crippen LogP contribution in [0.3, 0.4) is 0 Å². The van der Waals surface area contributed by atoms with Crippen LogP contribution in [0.5, 0.6) is 0 Å². The van der Waals surface area contributed by atoms with E-state index in [1.165, 1.54) is 0 Å². The van der Waals surface area contributed by atoms with Gasteiger partial charge in [0, 0.05) is 65.0 Å². The van der Waals surface area contributed by atoms with Crippen LogP contribution in [0.4, 0.5) is 0 Å². The Morgan fingerprint density at radius 1 is 0.458 bits per heavy atom. The molecule has 0 rings (SSSR count). The van der Waals surface area contributed by atoms with Crippen LogP contribution in [-0.2, 0) is 19.2 Å². The quantitative estimate of drug-likeness (QED) is 0.247. The third-order valence-corrected chi connectivity index (χ3v) is 3.43. The molecule has 10 nitrogen and oxygen atoms in total. The average molecular weight is 344 g/mol. The van der Waals surface area contributed by atoms with E-state index in [0.717, 1.165) is 0 Å². The van der Waals surface area contributed by atoms with Crippen LogP contribution in [-0.4, -0.2) is 72.7 Å². The van der Waals surface area contributed by atoms with Crippen LogP contribution in [0.1, 0.15) is 25.7 Å². The van der Waals surface area contributed by atoms with Crippen LogP contribution in [0, 0.1) is 0 Å². The molecule has 0 saturated heterocycles. The van der Waals surface area contributed by atoms with Gasteiger partial charge in [-0.15, -0.1) is 0 Å². The van der Waals surface area contributed by atoms with Crippen molar-refractivity contribution in [1.29, 1.82) is 0 Å². The van der Waals surface area contributed by atoms with E-state index in [-0.39, 0.29) is 25.7 Å². The maximum Gasteiger partial charge on any atom is 0.218 e. The zero-order valence-corrected chi connectivity index (χ0v) is 13.9. The largest absolute Gasteiger partial charge is 0.370 e.